The topological polar surface area (TPSA) is 78.9 Å². The smallest absolute Gasteiger partial charge is 0.306 e. The number of hydrogen-bond donors (Lipinski definition) is 0. The van der Waals surface area contributed by atoms with Crippen LogP contribution in [0.1, 0.15) is 201 Å². The van der Waals surface area contributed by atoms with Gasteiger partial charge in [-0.3, -0.25) is 14.4 Å². The van der Waals surface area contributed by atoms with Gasteiger partial charge in [-0.05, 0) is 103 Å². The van der Waals surface area contributed by atoms with Crippen LogP contribution in [0.2, 0.25) is 0 Å². The molecule has 0 radical (unpaired) electrons. The monoisotopic (exact) mass is 845 g/mol. The highest BCUT2D eigenvalue weighted by Gasteiger charge is 2.19. The second kappa shape index (κ2) is 48.7. The fourth-order valence-corrected chi connectivity index (χ4v) is 6.13. The highest BCUT2D eigenvalue weighted by Crippen LogP contribution is 2.12. The summed E-state index contributed by atoms with van der Waals surface area (Å²) in [4.78, 5) is 37.8. The number of allylic oxidation sites excluding steroid dienone is 18. The Morgan fingerprint density at radius 1 is 0.344 bits per heavy atom. The first-order valence-corrected chi connectivity index (χ1v) is 24.4. The standard InChI is InChI=1S/C55H88O6/c1-4-7-10-13-16-19-22-24-26-28-30-33-36-39-42-45-48-54(57)60-51-52(50-59-53(56)47-44-41-38-35-32-21-18-15-12-9-6-3)61-55(58)49-46-43-40-37-34-31-29-27-25-23-20-17-14-11-8-5-2/h7-8,10-11,15-20,24-27,30,33,39,42,52H,4-6,9,12-14,21-23,28-29,31-32,34-38,40-41,43-51H2,1-3H3/b10-7-,11-8-,18-15-,19-16-,20-17-,26-24-,27-25-,33-30-,42-39-. The van der Waals surface area contributed by atoms with E-state index in [2.05, 4.69) is 118 Å². The Morgan fingerprint density at radius 2 is 0.672 bits per heavy atom. The lowest BCUT2D eigenvalue weighted by Gasteiger charge is -2.18. The Bertz CT molecular complexity index is 1290. The zero-order chi connectivity index (χ0) is 44.4. The van der Waals surface area contributed by atoms with Gasteiger partial charge in [-0.25, -0.2) is 0 Å². The minimum Gasteiger partial charge on any atom is -0.462 e. The molecule has 0 saturated heterocycles. The summed E-state index contributed by atoms with van der Waals surface area (Å²) in [5.74, 6) is -1.03. The van der Waals surface area contributed by atoms with Crippen molar-refractivity contribution in [2.45, 2.75) is 207 Å². The average molecular weight is 845 g/mol. The molecule has 61 heavy (non-hydrogen) atoms. The van der Waals surface area contributed by atoms with E-state index >= 15 is 0 Å². The molecule has 0 bridgehead atoms. The van der Waals surface area contributed by atoms with Crippen LogP contribution in [0.25, 0.3) is 0 Å². The van der Waals surface area contributed by atoms with Crippen LogP contribution in [0.5, 0.6) is 0 Å². The van der Waals surface area contributed by atoms with Crippen molar-refractivity contribution in [3.63, 3.8) is 0 Å². The van der Waals surface area contributed by atoms with Gasteiger partial charge in [0.15, 0.2) is 6.10 Å². The van der Waals surface area contributed by atoms with Gasteiger partial charge in [-0.15, -0.1) is 0 Å². The van der Waals surface area contributed by atoms with Crippen LogP contribution in [-0.2, 0) is 28.6 Å². The zero-order valence-corrected chi connectivity index (χ0v) is 39.1. The van der Waals surface area contributed by atoms with Crippen molar-refractivity contribution in [1.82, 2.24) is 0 Å². The Kier molecular flexibility index (Phi) is 45.6. The van der Waals surface area contributed by atoms with Crippen LogP contribution < -0.4 is 0 Å². The number of rotatable bonds is 42. The summed E-state index contributed by atoms with van der Waals surface area (Å²) in [6, 6.07) is 0. The summed E-state index contributed by atoms with van der Waals surface area (Å²) < 4.78 is 16.7. The first kappa shape index (κ1) is 57.1. The molecule has 6 nitrogen and oxygen atoms in total. The Hall–Kier alpha value is -3.93. The lowest BCUT2D eigenvalue weighted by Crippen LogP contribution is -2.30. The summed E-state index contributed by atoms with van der Waals surface area (Å²) in [5, 5.41) is 0. The third-order valence-corrected chi connectivity index (χ3v) is 9.76. The Balaban J connectivity index is 4.54. The first-order valence-electron chi connectivity index (χ1n) is 24.4. The molecule has 0 aromatic heterocycles. The molecule has 0 amide bonds. The predicted molar refractivity (Wildman–Crippen MR) is 260 cm³/mol. The van der Waals surface area contributed by atoms with Crippen molar-refractivity contribution >= 4 is 17.9 Å². The van der Waals surface area contributed by atoms with Crippen molar-refractivity contribution in [3.8, 4) is 0 Å². The van der Waals surface area contributed by atoms with Gasteiger partial charge < -0.3 is 14.2 Å². The average Bonchev–Trinajstić information content (AvgIpc) is 3.26. The van der Waals surface area contributed by atoms with E-state index in [9.17, 15) is 14.4 Å². The molecular weight excluding hydrogens is 757 g/mol. The minimum atomic E-state index is -0.819. The maximum atomic E-state index is 12.8. The largest absolute Gasteiger partial charge is 0.462 e. The van der Waals surface area contributed by atoms with E-state index in [0.717, 1.165) is 116 Å². The molecule has 1 atom stereocenters. The van der Waals surface area contributed by atoms with E-state index < -0.39 is 6.10 Å². The lowest BCUT2D eigenvalue weighted by molar-refractivity contribution is -0.166. The summed E-state index contributed by atoms with van der Waals surface area (Å²) >= 11 is 0. The highest BCUT2D eigenvalue weighted by molar-refractivity contribution is 5.71. The van der Waals surface area contributed by atoms with Crippen molar-refractivity contribution in [2.75, 3.05) is 13.2 Å². The van der Waals surface area contributed by atoms with Gasteiger partial charge in [0.2, 0.25) is 0 Å². The Morgan fingerprint density at radius 3 is 1.11 bits per heavy atom. The normalized spacial score (nSPS) is 13.0. The van der Waals surface area contributed by atoms with E-state index in [-0.39, 0.29) is 37.5 Å². The number of carbonyl (C=O) groups is 3. The third-order valence-electron chi connectivity index (χ3n) is 9.76. The molecule has 0 rings (SSSR count). The SMILES string of the molecule is CC/C=C\C/C=C\C/C=C\C/C=C\C/C=C\CCC(=O)OCC(COC(=O)CCCCCCC/C=C\CCCC)OC(=O)CCCCCCCC/C=C\C/C=C\C/C=C\CC. The van der Waals surface area contributed by atoms with Gasteiger partial charge in [0.25, 0.3) is 0 Å². The van der Waals surface area contributed by atoms with Crippen LogP contribution in [0.3, 0.4) is 0 Å². The van der Waals surface area contributed by atoms with Crippen LogP contribution in [0.4, 0.5) is 0 Å². The van der Waals surface area contributed by atoms with Crippen molar-refractivity contribution in [3.05, 3.63) is 109 Å². The molecule has 0 spiro atoms. The third kappa shape index (κ3) is 47.0. The maximum Gasteiger partial charge on any atom is 0.306 e. The molecule has 0 aliphatic carbocycles. The van der Waals surface area contributed by atoms with Crippen LogP contribution in [0.15, 0.2) is 109 Å². The van der Waals surface area contributed by atoms with Crippen molar-refractivity contribution in [2.24, 2.45) is 0 Å². The molecule has 0 aromatic carbocycles. The van der Waals surface area contributed by atoms with Gasteiger partial charge in [-0.2, -0.15) is 0 Å². The van der Waals surface area contributed by atoms with E-state index in [1.54, 1.807) is 0 Å². The predicted octanol–water partition coefficient (Wildman–Crippen LogP) is 16.0. The molecule has 0 fully saturated rings. The number of hydrogen-bond acceptors (Lipinski definition) is 6. The van der Waals surface area contributed by atoms with Crippen LogP contribution in [-0.4, -0.2) is 37.2 Å². The molecular formula is C55H88O6. The molecule has 6 heteroatoms. The summed E-state index contributed by atoms with van der Waals surface area (Å²) in [5.41, 5.74) is 0. The second-order valence-corrected chi connectivity index (χ2v) is 15.6. The summed E-state index contributed by atoms with van der Waals surface area (Å²) in [7, 11) is 0. The minimum absolute atomic E-state index is 0.113. The van der Waals surface area contributed by atoms with Gasteiger partial charge in [0.1, 0.15) is 13.2 Å². The number of esters is 3. The quantitative estimate of drug-likeness (QED) is 0.0264. The van der Waals surface area contributed by atoms with Gasteiger partial charge >= 0.3 is 17.9 Å². The molecule has 1 unspecified atom stereocenters. The number of carbonyl (C=O) groups excluding carboxylic acids is 3. The molecule has 0 aliphatic rings. The van der Waals surface area contributed by atoms with E-state index in [1.807, 2.05) is 12.2 Å². The van der Waals surface area contributed by atoms with Crippen molar-refractivity contribution in [1.29, 1.82) is 0 Å². The maximum absolute atomic E-state index is 12.8. The van der Waals surface area contributed by atoms with Crippen molar-refractivity contribution < 1.29 is 28.6 Å². The van der Waals surface area contributed by atoms with Crippen LogP contribution >= 0.6 is 0 Å². The second-order valence-electron chi connectivity index (χ2n) is 15.6. The van der Waals surface area contributed by atoms with E-state index in [4.69, 9.17) is 14.2 Å². The zero-order valence-electron chi connectivity index (χ0n) is 39.1. The molecule has 0 aliphatic heterocycles. The fourth-order valence-electron chi connectivity index (χ4n) is 6.13. The summed E-state index contributed by atoms with van der Waals surface area (Å²) in [6.07, 6.45) is 65.1. The number of unbranched alkanes of at least 4 members (excludes halogenated alkanes) is 13. The molecule has 0 heterocycles. The molecule has 0 saturated carbocycles. The van der Waals surface area contributed by atoms with E-state index in [0.29, 0.717) is 19.3 Å². The van der Waals surface area contributed by atoms with E-state index in [1.165, 1.54) is 38.5 Å². The number of ether oxygens (including phenoxy) is 3. The van der Waals surface area contributed by atoms with Gasteiger partial charge in [0.05, 0.1) is 0 Å². The van der Waals surface area contributed by atoms with Gasteiger partial charge in [0, 0.05) is 19.3 Å². The summed E-state index contributed by atoms with van der Waals surface area (Å²) in [6.45, 7) is 6.27. The Labute approximate surface area is 374 Å². The molecule has 0 aromatic rings. The first-order chi connectivity index (χ1) is 30.0. The molecule has 0 N–H and O–H groups in total. The molecule has 344 valence electrons. The fraction of sp³-hybridized carbons (Fsp3) is 0.618. The lowest BCUT2D eigenvalue weighted by atomic mass is 10.1. The highest BCUT2D eigenvalue weighted by atomic mass is 16.6. The van der Waals surface area contributed by atoms with Crippen LogP contribution in [0, 0.1) is 0 Å². The van der Waals surface area contributed by atoms with Gasteiger partial charge in [-0.1, -0.05) is 188 Å².